The summed E-state index contributed by atoms with van der Waals surface area (Å²) in [5, 5.41) is 2.84. The number of rotatable bonds is 3. The van der Waals surface area contributed by atoms with Gasteiger partial charge < -0.3 is 4.74 Å². The number of amides is 1. The van der Waals surface area contributed by atoms with Crippen LogP contribution in [0.3, 0.4) is 0 Å². The maximum absolute atomic E-state index is 11.0. The van der Waals surface area contributed by atoms with E-state index in [0.717, 1.165) is 0 Å². The molecule has 0 bridgehead atoms. The molecule has 94 valence electrons. The molecule has 2 aromatic rings. The number of carbonyl (C=O) groups excluding carboxylic acids is 1. The number of aromatic nitrogens is 3. The van der Waals surface area contributed by atoms with Crippen molar-refractivity contribution in [3.05, 3.63) is 17.3 Å². The highest BCUT2D eigenvalue weighted by atomic mass is 35.5. The molecule has 0 fully saturated rings. The topological polar surface area (TPSA) is 77.0 Å². The zero-order valence-corrected chi connectivity index (χ0v) is 10.7. The summed E-state index contributed by atoms with van der Waals surface area (Å²) in [4.78, 5) is 23.4. The second-order valence-electron chi connectivity index (χ2n) is 3.47. The monoisotopic (exact) mass is 266 g/mol. The molecule has 2 heterocycles. The molecule has 0 aliphatic carbocycles. The Balaban J connectivity index is 2.58. The second kappa shape index (κ2) is 5.14. The van der Waals surface area contributed by atoms with Crippen LogP contribution in [0.4, 0.5) is 5.95 Å². The highest BCUT2D eigenvalue weighted by molar-refractivity contribution is 6.29. The molecule has 0 saturated carbocycles. The van der Waals surface area contributed by atoms with E-state index in [-0.39, 0.29) is 11.9 Å². The van der Waals surface area contributed by atoms with Crippen molar-refractivity contribution in [3.63, 3.8) is 0 Å². The van der Waals surface area contributed by atoms with Gasteiger partial charge in [0.1, 0.15) is 5.15 Å². The van der Waals surface area contributed by atoms with Crippen LogP contribution in [-0.4, -0.2) is 27.5 Å². The van der Waals surface area contributed by atoms with Gasteiger partial charge in [-0.15, -0.1) is 0 Å². The molecule has 0 aliphatic rings. The van der Waals surface area contributed by atoms with Crippen molar-refractivity contribution in [2.75, 3.05) is 11.9 Å². The lowest BCUT2D eigenvalue weighted by atomic mass is 10.3. The van der Waals surface area contributed by atoms with Crippen LogP contribution in [-0.2, 0) is 4.79 Å². The van der Waals surface area contributed by atoms with Gasteiger partial charge in [-0.05, 0) is 19.1 Å². The normalized spacial score (nSPS) is 10.4. The molecule has 0 aliphatic heterocycles. The maximum Gasteiger partial charge on any atom is 0.245 e. The number of nitrogens with zero attached hydrogens (tertiary/aromatic N) is 3. The van der Waals surface area contributed by atoms with Gasteiger partial charge in [0.2, 0.25) is 17.7 Å². The van der Waals surface area contributed by atoms with Gasteiger partial charge in [-0.3, -0.25) is 10.1 Å². The third kappa shape index (κ3) is 2.65. The summed E-state index contributed by atoms with van der Waals surface area (Å²) in [6.45, 7) is 3.64. The van der Waals surface area contributed by atoms with Crippen molar-refractivity contribution < 1.29 is 9.53 Å². The minimum absolute atomic E-state index is 0.183. The van der Waals surface area contributed by atoms with Gasteiger partial charge >= 0.3 is 0 Å². The highest BCUT2D eigenvalue weighted by Crippen LogP contribution is 2.23. The predicted molar refractivity (Wildman–Crippen MR) is 67.8 cm³/mol. The molecule has 18 heavy (non-hydrogen) atoms. The minimum Gasteiger partial charge on any atom is -0.476 e. The standard InChI is InChI=1S/C11H11ClN4O2/c1-3-18-10-9-7(4-5-8(12)15-9)14-11(16-10)13-6(2)17/h4-5H,3H2,1-2H3,(H,13,14,16,17). The van der Waals surface area contributed by atoms with Crippen LogP contribution >= 0.6 is 11.6 Å². The first kappa shape index (κ1) is 12.5. The molecule has 0 atom stereocenters. The Hall–Kier alpha value is -1.95. The number of ether oxygens (including phenoxy) is 1. The van der Waals surface area contributed by atoms with Gasteiger partial charge in [-0.1, -0.05) is 11.6 Å². The summed E-state index contributed by atoms with van der Waals surface area (Å²) in [6.07, 6.45) is 0. The molecular weight excluding hydrogens is 256 g/mol. The maximum atomic E-state index is 11.0. The average molecular weight is 267 g/mol. The number of hydrogen-bond donors (Lipinski definition) is 1. The highest BCUT2D eigenvalue weighted by Gasteiger charge is 2.11. The molecule has 0 aromatic carbocycles. The van der Waals surface area contributed by atoms with E-state index in [1.54, 1.807) is 12.1 Å². The molecule has 1 N–H and O–H groups in total. The summed E-state index contributed by atoms with van der Waals surface area (Å²) in [5.41, 5.74) is 1.03. The minimum atomic E-state index is -0.251. The zero-order chi connectivity index (χ0) is 13.1. The number of pyridine rings is 1. The van der Waals surface area contributed by atoms with Crippen molar-refractivity contribution in [2.45, 2.75) is 13.8 Å². The van der Waals surface area contributed by atoms with Gasteiger partial charge in [0, 0.05) is 6.92 Å². The second-order valence-corrected chi connectivity index (χ2v) is 3.86. The van der Waals surface area contributed by atoms with Crippen LogP contribution in [0.1, 0.15) is 13.8 Å². The van der Waals surface area contributed by atoms with Gasteiger partial charge in [0.05, 0.1) is 12.1 Å². The van der Waals surface area contributed by atoms with Crippen molar-refractivity contribution >= 4 is 34.5 Å². The number of anilines is 1. The Kier molecular flexibility index (Phi) is 3.57. The van der Waals surface area contributed by atoms with Crippen molar-refractivity contribution in [1.82, 2.24) is 15.0 Å². The van der Waals surface area contributed by atoms with E-state index in [0.29, 0.717) is 28.7 Å². The summed E-state index contributed by atoms with van der Waals surface area (Å²) in [7, 11) is 0. The van der Waals surface area contributed by atoms with Crippen LogP contribution in [0.5, 0.6) is 5.88 Å². The molecule has 1 amide bonds. The van der Waals surface area contributed by atoms with E-state index in [2.05, 4.69) is 20.3 Å². The van der Waals surface area contributed by atoms with Crippen molar-refractivity contribution in [3.8, 4) is 5.88 Å². The molecule has 0 unspecified atom stereocenters. The van der Waals surface area contributed by atoms with E-state index < -0.39 is 0 Å². The van der Waals surface area contributed by atoms with Crippen LogP contribution in [0.25, 0.3) is 11.0 Å². The van der Waals surface area contributed by atoms with E-state index >= 15 is 0 Å². The Morgan fingerprint density at radius 3 is 2.83 bits per heavy atom. The quantitative estimate of drug-likeness (QED) is 0.860. The number of hydrogen-bond acceptors (Lipinski definition) is 5. The first-order valence-electron chi connectivity index (χ1n) is 5.35. The van der Waals surface area contributed by atoms with Gasteiger partial charge in [0.15, 0.2) is 5.52 Å². The number of fused-ring (bicyclic) bond motifs is 1. The fraction of sp³-hybridized carbons (Fsp3) is 0.273. The SMILES string of the molecule is CCOc1nc(NC(C)=O)nc2ccc(Cl)nc12. The first-order chi connectivity index (χ1) is 8.60. The molecule has 6 nitrogen and oxygen atoms in total. The third-order valence-electron chi connectivity index (χ3n) is 2.05. The molecule has 0 radical (unpaired) electrons. The van der Waals surface area contributed by atoms with E-state index in [1.807, 2.05) is 6.92 Å². The molecule has 0 spiro atoms. The predicted octanol–water partition coefficient (Wildman–Crippen LogP) is 2.04. The van der Waals surface area contributed by atoms with Crippen LogP contribution < -0.4 is 10.1 Å². The first-order valence-corrected chi connectivity index (χ1v) is 5.72. The Morgan fingerprint density at radius 1 is 1.39 bits per heavy atom. The Labute approximate surface area is 108 Å². The van der Waals surface area contributed by atoms with E-state index in [9.17, 15) is 4.79 Å². The molecule has 2 rings (SSSR count). The van der Waals surface area contributed by atoms with Crippen LogP contribution in [0.2, 0.25) is 5.15 Å². The number of halogens is 1. The van der Waals surface area contributed by atoms with E-state index in [1.165, 1.54) is 6.92 Å². The third-order valence-corrected chi connectivity index (χ3v) is 2.26. The molecule has 7 heteroatoms. The lowest BCUT2D eigenvalue weighted by Gasteiger charge is -2.08. The smallest absolute Gasteiger partial charge is 0.245 e. The van der Waals surface area contributed by atoms with Crippen LogP contribution in [0.15, 0.2) is 12.1 Å². The van der Waals surface area contributed by atoms with Gasteiger partial charge in [-0.25, -0.2) is 9.97 Å². The van der Waals surface area contributed by atoms with Gasteiger partial charge in [0.25, 0.3) is 0 Å². The summed E-state index contributed by atoms with van der Waals surface area (Å²) >= 11 is 5.82. The average Bonchev–Trinajstić information content (AvgIpc) is 2.29. The largest absolute Gasteiger partial charge is 0.476 e. The van der Waals surface area contributed by atoms with Crippen molar-refractivity contribution in [1.29, 1.82) is 0 Å². The fourth-order valence-electron chi connectivity index (χ4n) is 1.41. The van der Waals surface area contributed by atoms with E-state index in [4.69, 9.17) is 16.3 Å². The molecular formula is C11H11ClN4O2. The molecule has 0 saturated heterocycles. The summed E-state index contributed by atoms with van der Waals surface area (Å²) < 4.78 is 5.37. The number of nitrogens with one attached hydrogen (secondary N) is 1. The lowest BCUT2D eigenvalue weighted by Crippen LogP contribution is -2.10. The Morgan fingerprint density at radius 2 is 2.17 bits per heavy atom. The number of carbonyl (C=O) groups is 1. The zero-order valence-electron chi connectivity index (χ0n) is 9.90. The lowest BCUT2D eigenvalue weighted by molar-refractivity contribution is -0.114. The van der Waals surface area contributed by atoms with Crippen molar-refractivity contribution in [2.24, 2.45) is 0 Å². The summed E-state index contributed by atoms with van der Waals surface area (Å²) in [5.74, 6) is 0.232. The molecule has 2 aromatic heterocycles. The fourth-order valence-corrected chi connectivity index (χ4v) is 1.56. The van der Waals surface area contributed by atoms with Gasteiger partial charge in [-0.2, -0.15) is 4.98 Å². The Bertz CT molecular complexity index is 603. The van der Waals surface area contributed by atoms with Crippen LogP contribution in [0, 0.1) is 0 Å². The summed E-state index contributed by atoms with van der Waals surface area (Å²) in [6, 6.07) is 3.31.